The van der Waals surface area contributed by atoms with Gasteiger partial charge in [-0.3, -0.25) is 0 Å². The second-order valence-electron chi connectivity index (χ2n) is 3.03. The van der Waals surface area contributed by atoms with Crippen molar-refractivity contribution in [1.82, 2.24) is 4.37 Å². The van der Waals surface area contributed by atoms with Crippen LogP contribution >= 0.6 is 11.5 Å². The van der Waals surface area contributed by atoms with Crippen molar-refractivity contribution in [3.8, 4) is 0 Å². The Balaban J connectivity index is 2.19. The van der Waals surface area contributed by atoms with Gasteiger partial charge in [0.2, 0.25) is 0 Å². The lowest BCUT2D eigenvalue weighted by atomic mass is 9.91. The van der Waals surface area contributed by atoms with Gasteiger partial charge in [0.1, 0.15) is 5.60 Å². The summed E-state index contributed by atoms with van der Waals surface area (Å²) in [4.78, 5) is 0. The molecule has 0 spiro atoms. The number of aliphatic hydroxyl groups is 1. The van der Waals surface area contributed by atoms with Crippen LogP contribution in [0.2, 0.25) is 0 Å². The molecule has 0 bridgehead atoms. The number of nitrogens with zero attached hydrogens (tertiary/aromatic N) is 1. The lowest BCUT2D eigenvalue weighted by Crippen LogP contribution is -2.33. The summed E-state index contributed by atoms with van der Waals surface area (Å²) < 4.78 is 9.33. The normalized spacial score (nSPS) is 22.4. The van der Waals surface area contributed by atoms with E-state index in [-0.39, 0.29) is 0 Å². The molecule has 66 valence electrons. The molecule has 0 atom stereocenters. The Morgan fingerprint density at radius 1 is 1.50 bits per heavy atom. The minimum Gasteiger partial charge on any atom is -0.383 e. The smallest absolute Gasteiger partial charge is 0.112 e. The molecule has 0 radical (unpaired) electrons. The Hall–Kier alpha value is -0.450. The average Bonchev–Trinajstić information content (AvgIpc) is 2.58. The molecular weight excluding hydrogens is 174 g/mol. The molecule has 1 aromatic heterocycles. The van der Waals surface area contributed by atoms with Gasteiger partial charge in [-0.2, -0.15) is 4.37 Å². The summed E-state index contributed by atoms with van der Waals surface area (Å²) in [6.07, 6.45) is 1.33. The zero-order valence-corrected chi connectivity index (χ0v) is 7.51. The Morgan fingerprint density at radius 3 is 2.83 bits per heavy atom. The van der Waals surface area contributed by atoms with Gasteiger partial charge in [0, 0.05) is 31.4 Å². The van der Waals surface area contributed by atoms with E-state index in [1.807, 2.05) is 11.4 Å². The van der Waals surface area contributed by atoms with Crippen molar-refractivity contribution in [2.75, 3.05) is 13.2 Å². The number of aromatic nitrogens is 1. The lowest BCUT2D eigenvalue weighted by molar-refractivity contribution is -0.0700. The predicted octanol–water partition coefficient (Wildman–Crippen LogP) is 1.14. The zero-order chi connectivity index (χ0) is 8.44. The van der Waals surface area contributed by atoms with Gasteiger partial charge < -0.3 is 9.84 Å². The fraction of sp³-hybridized carbons (Fsp3) is 0.625. The summed E-state index contributed by atoms with van der Waals surface area (Å²) in [6.45, 7) is 1.27. The molecule has 1 fully saturated rings. The monoisotopic (exact) mass is 185 g/mol. The summed E-state index contributed by atoms with van der Waals surface area (Å²) in [6, 6.07) is 1.88. The van der Waals surface area contributed by atoms with E-state index in [1.54, 1.807) is 0 Å². The van der Waals surface area contributed by atoms with E-state index in [0.29, 0.717) is 26.1 Å². The third-order valence-electron chi connectivity index (χ3n) is 2.23. The van der Waals surface area contributed by atoms with Crippen molar-refractivity contribution < 1.29 is 9.84 Å². The average molecular weight is 185 g/mol. The largest absolute Gasteiger partial charge is 0.383 e. The SMILES string of the molecule is OC1(c2ccsn2)CCOCC1. The van der Waals surface area contributed by atoms with Crippen LogP contribution in [0.25, 0.3) is 0 Å². The molecule has 1 saturated heterocycles. The van der Waals surface area contributed by atoms with Gasteiger partial charge in [0.05, 0.1) is 5.69 Å². The highest BCUT2D eigenvalue weighted by Gasteiger charge is 2.33. The standard InChI is InChI=1S/C8H11NO2S/c10-8(2-4-11-5-3-8)7-1-6-12-9-7/h1,6,10H,2-5H2. The first-order valence-corrected chi connectivity index (χ1v) is 4.86. The van der Waals surface area contributed by atoms with E-state index in [0.717, 1.165) is 5.69 Å². The molecular formula is C8H11NO2S. The van der Waals surface area contributed by atoms with Crippen molar-refractivity contribution in [3.05, 3.63) is 17.1 Å². The molecule has 3 nitrogen and oxygen atoms in total. The lowest BCUT2D eigenvalue weighted by Gasteiger charge is -2.30. The molecule has 0 aliphatic carbocycles. The summed E-state index contributed by atoms with van der Waals surface area (Å²) in [5, 5.41) is 12.0. The van der Waals surface area contributed by atoms with Crippen LogP contribution in [-0.4, -0.2) is 22.7 Å². The summed E-state index contributed by atoms with van der Waals surface area (Å²) in [5.41, 5.74) is 0.0777. The fourth-order valence-electron chi connectivity index (χ4n) is 1.42. The highest BCUT2D eigenvalue weighted by molar-refractivity contribution is 7.03. The number of hydrogen-bond donors (Lipinski definition) is 1. The topological polar surface area (TPSA) is 42.4 Å². The van der Waals surface area contributed by atoms with Gasteiger partial charge in [-0.15, -0.1) is 0 Å². The molecule has 2 rings (SSSR count). The van der Waals surface area contributed by atoms with Crippen LogP contribution in [0, 0.1) is 0 Å². The van der Waals surface area contributed by atoms with Crippen molar-refractivity contribution in [2.24, 2.45) is 0 Å². The molecule has 1 aliphatic heterocycles. The van der Waals surface area contributed by atoms with Crippen LogP contribution in [-0.2, 0) is 10.3 Å². The summed E-state index contributed by atoms with van der Waals surface area (Å²) in [7, 11) is 0. The predicted molar refractivity (Wildman–Crippen MR) is 46.1 cm³/mol. The second-order valence-corrected chi connectivity index (χ2v) is 3.69. The van der Waals surface area contributed by atoms with Crippen LogP contribution < -0.4 is 0 Å². The minimum atomic E-state index is -0.724. The van der Waals surface area contributed by atoms with Gasteiger partial charge in [-0.25, -0.2) is 0 Å². The third kappa shape index (κ3) is 1.37. The number of rotatable bonds is 1. The van der Waals surface area contributed by atoms with E-state index in [4.69, 9.17) is 4.74 Å². The van der Waals surface area contributed by atoms with Crippen LogP contribution in [0.4, 0.5) is 0 Å². The van der Waals surface area contributed by atoms with Gasteiger partial charge in [0.25, 0.3) is 0 Å². The van der Waals surface area contributed by atoms with Gasteiger partial charge in [0.15, 0.2) is 0 Å². The third-order valence-corrected chi connectivity index (χ3v) is 2.79. The first kappa shape index (κ1) is 8.16. The van der Waals surface area contributed by atoms with Crippen molar-refractivity contribution in [3.63, 3.8) is 0 Å². The quantitative estimate of drug-likeness (QED) is 0.713. The molecule has 4 heteroatoms. The molecule has 0 aromatic carbocycles. The molecule has 2 heterocycles. The maximum Gasteiger partial charge on any atom is 0.112 e. The highest BCUT2D eigenvalue weighted by Crippen LogP contribution is 2.30. The first-order valence-electron chi connectivity index (χ1n) is 4.02. The van der Waals surface area contributed by atoms with Gasteiger partial charge >= 0.3 is 0 Å². The molecule has 0 saturated carbocycles. The molecule has 0 unspecified atom stereocenters. The second kappa shape index (κ2) is 3.12. The van der Waals surface area contributed by atoms with Crippen LogP contribution in [0.15, 0.2) is 11.4 Å². The van der Waals surface area contributed by atoms with Crippen molar-refractivity contribution in [1.29, 1.82) is 0 Å². The Kier molecular flexibility index (Phi) is 2.12. The number of hydrogen-bond acceptors (Lipinski definition) is 4. The molecule has 1 N–H and O–H groups in total. The number of ether oxygens (including phenoxy) is 1. The molecule has 0 amide bonds. The van der Waals surface area contributed by atoms with Crippen LogP contribution in [0.5, 0.6) is 0 Å². The Labute approximate surface area is 75.2 Å². The van der Waals surface area contributed by atoms with E-state index >= 15 is 0 Å². The summed E-state index contributed by atoms with van der Waals surface area (Å²) in [5.74, 6) is 0. The van der Waals surface area contributed by atoms with Gasteiger partial charge in [-0.1, -0.05) is 0 Å². The summed E-state index contributed by atoms with van der Waals surface area (Å²) >= 11 is 1.38. The van der Waals surface area contributed by atoms with Crippen LogP contribution in [0.1, 0.15) is 18.5 Å². The highest BCUT2D eigenvalue weighted by atomic mass is 32.1. The van der Waals surface area contributed by atoms with Gasteiger partial charge in [-0.05, 0) is 17.6 Å². The zero-order valence-electron chi connectivity index (χ0n) is 6.69. The maximum atomic E-state index is 10.1. The fourth-order valence-corrected chi connectivity index (χ4v) is 2.01. The van der Waals surface area contributed by atoms with E-state index < -0.39 is 5.60 Å². The Morgan fingerprint density at radius 2 is 2.25 bits per heavy atom. The van der Waals surface area contributed by atoms with Crippen LogP contribution in [0.3, 0.4) is 0 Å². The van der Waals surface area contributed by atoms with E-state index in [9.17, 15) is 5.11 Å². The maximum absolute atomic E-state index is 10.1. The Bertz CT molecular complexity index is 242. The minimum absolute atomic E-state index is 0.633. The van der Waals surface area contributed by atoms with Crippen molar-refractivity contribution in [2.45, 2.75) is 18.4 Å². The first-order chi connectivity index (χ1) is 5.81. The van der Waals surface area contributed by atoms with Crippen molar-refractivity contribution >= 4 is 11.5 Å². The molecule has 12 heavy (non-hydrogen) atoms. The van der Waals surface area contributed by atoms with E-state index in [2.05, 4.69) is 4.37 Å². The molecule has 1 aromatic rings. The van der Waals surface area contributed by atoms with E-state index in [1.165, 1.54) is 11.5 Å². The molecule has 1 aliphatic rings.